The van der Waals surface area contributed by atoms with Crippen molar-refractivity contribution in [1.29, 1.82) is 0 Å². The Morgan fingerprint density at radius 3 is 2.12 bits per heavy atom. The SMILES string of the molecule is COC(=O)c1csc(-c2cnn(-c3c(Cl)cc(C(F)(C(F)(F)F)C(F)(F)F)cc3Cl)c2)n1. The van der Waals surface area contributed by atoms with Crippen LogP contribution in [0.25, 0.3) is 16.3 Å². The van der Waals surface area contributed by atoms with E-state index in [4.69, 9.17) is 23.2 Å². The number of hydrogen-bond donors (Lipinski definition) is 0. The van der Waals surface area contributed by atoms with Crippen LogP contribution in [0.15, 0.2) is 29.9 Å². The number of methoxy groups -OCH3 is 1. The predicted octanol–water partition coefficient (Wildman–Crippen LogP) is 6.38. The number of halogens is 9. The molecule has 0 amide bonds. The van der Waals surface area contributed by atoms with E-state index in [1.54, 1.807) is 0 Å². The van der Waals surface area contributed by atoms with Crippen LogP contribution >= 0.6 is 34.5 Å². The van der Waals surface area contributed by atoms with Crippen molar-refractivity contribution in [2.45, 2.75) is 18.0 Å². The molecule has 15 heteroatoms. The molecule has 0 radical (unpaired) electrons. The normalized spacial score (nSPS) is 12.8. The number of hydrogen-bond acceptors (Lipinski definition) is 5. The Labute approximate surface area is 188 Å². The number of esters is 1. The topological polar surface area (TPSA) is 57.0 Å². The standard InChI is InChI=1S/C17H8Cl2F7N3O2S/c1-31-14(30)11-6-32-13(28-11)7-4-27-29(5-7)12-9(18)2-8(3-10(12)19)15(20,16(21,22)23)17(24,25)26/h2-6H,1H3. The number of carbonyl (C=O) groups is 1. The van der Waals surface area contributed by atoms with Crippen LogP contribution < -0.4 is 0 Å². The number of alkyl halides is 7. The first kappa shape index (κ1) is 24.3. The van der Waals surface area contributed by atoms with Crippen LogP contribution in [0, 0.1) is 0 Å². The molecule has 172 valence electrons. The first-order valence-electron chi connectivity index (χ1n) is 8.12. The van der Waals surface area contributed by atoms with E-state index in [1.807, 2.05) is 0 Å². The van der Waals surface area contributed by atoms with Crippen LogP contribution in [-0.4, -0.2) is 40.2 Å². The number of aromatic nitrogens is 3. The van der Waals surface area contributed by atoms with Crippen molar-refractivity contribution in [3.05, 3.63) is 51.2 Å². The van der Waals surface area contributed by atoms with Crippen molar-refractivity contribution < 1.29 is 40.3 Å². The molecule has 0 unspecified atom stereocenters. The van der Waals surface area contributed by atoms with Crippen molar-refractivity contribution >= 4 is 40.5 Å². The van der Waals surface area contributed by atoms with Crippen LogP contribution in [-0.2, 0) is 10.4 Å². The molecule has 3 rings (SSSR count). The van der Waals surface area contributed by atoms with E-state index in [0.717, 1.165) is 23.1 Å². The largest absolute Gasteiger partial charge is 0.464 e. The number of thiazole rings is 1. The molecule has 0 saturated carbocycles. The van der Waals surface area contributed by atoms with E-state index < -0.39 is 39.6 Å². The molecular formula is C17H8Cl2F7N3O2S. The second-order valence-corrected chi connectivity index (χ2v) is 7.82. The molecular weight excluding hydrogens is 514 g/mol. The summed E-state index contributed by atoms with van der Waals surface area (Å²) in [5.41, 5.74) is -7.47. The average Bonchev–Trinajstić information content (AvgIpc) is 3.34. The smallest absolute Gasteiger partial charge is 0.435 e. The van der Waals surface area contributed by atoms with Gasteiger partial charge in [-0.05, 0) is 12.1 Å². The third kappa shape index (κ3) is 4.04. The molecule has 2 heterocycles. The fourth-order valence-corrected chi connectivity index (χ4v) is 4.06. The highest BCUT2D eigenvalue weighted by molar-refractivity contribution is 7.13. The van der Waals surface area contributed by atoms with Crippen molar-refractivity contribution in [3.8, 4) is 16.3 Å². The molecule has 0 spiro atoms. The van der Waals surface area contributed by atoms with E-state index in [2.05, 4.69) is 14.8 Å². The molecule has 2 aromatic heterocycles. The predicted molar refractivity (Wildman–Crippen MR) is 101 cm³/mol. The first-order chi connectivity index (χ1) is 14.7. The zero-order chi connectivity index (χ0) is 24.1. The van der Waals surface area contributed by atoms with Crippen LogP contribution in [0.5, 0.6) is 0 Å². The maximum Gasteiger partial charge on any atom is 0.435 e. The molecule has 0 atom stereocenters. The van der Waals surface area contributed by atoms with Gasteiger partial charge in [0.25, 0.3) is 0 Å². The first-order valence-corrected chi connectivity index (χ1v) is 9.75. The summed E-state index contributed by atoms with van der Waals surface area (Å²) >= 11 is 12.8. The Hall–Kier alpha value is -2.38. The lowest BCUT2D eigenvalue weighted by atomic mass is 9.94. The number of benzene rings is 1. The zero-order valence-corrected chi connectivity index (χ0v) is 17.7. The van der Waals surface area contributed by atoms with E-state index in [-0.39, 0.29) is 23.5 Å². The highest BCUT2D eigenvalue weighted by atomic mass is 35.5. The van der Waals surface area contributed by atoms with Gasteiger partial charge in [-0.25, -0.2) is 18.9 Å². The third-order valence-electron chi connectivity index (χ3n) is 4.15. The van der Waals surface area contributed by atoms with Crippen molar-refractivity contribution in [2.75, 3.05) is 7.11 Å². The summed E-state index contributed by atoms with van der Waals surface area (Å²) in [6.07, 6.45) is -10.1. The minimum Gasteiger partial charge on any atom is -0.464 e. The molecule has 0 saturated heterocycles. The molecule has 1 aromatic carbocycles. The highest BCUT2D eigenvalue weighted by Gasteiger charge is 2.73. The van der Waals surface area contributed by atoms with E-state index in [9.17, 15) is 35.5 Å². The number of carbonyl (C=O) groups excluding carboxylic acids is 1. The second kappa shape index (κ2) is 8.19. The average molecular weight is 522 g/mol. The Bertz CT molecular complexity index is 1140. The van der Waals surface area contributed by atoms with E-state index in [0.29, 0.717) is 10.6 Å². The van der Waals surface area contributed by atoms with Crippen LogP contribution in [0.3, 0.4) is 0 Å². The third-order valence-corrected chi connectivity index (χ3v) is 5.62. The molecule has 0 aliphatic rings. The Morgan fingerprint density at radius 2 is 1.62 bits per heavy atom. The number of rotatable bonds is 4. The molecule has 5 nitrogen and oxygen atoms in total. The van der Waals surface area contributed by atoms with Crippen molar-refractivity contribution in [2.24, 2.45) is 0 Å². The molecule has 0 fully saturated rings. The molecule has 3 aromatic rings. The summed E-state index contributed by atoms with van der Waals surface area (Å²) in [4.78, 5) is 15.5. The lowest BCUT2D eigenvalue weighted by Crippen LogP contribution is -2.50. The summed E-state index contributed by atoms with van der Waals surface area (Å²) in [7, 11) is 1.16. The Morgan fingerprint density at radius 1 is 1.06 bits per heavy atom. The molecule has 32 heavy (non-hydrogen) atoms. The van der Waals surface area contributed by atoms with Crippen molar-refractivity contribution in [1.82, 2.24) is 14.8 Å². The highest BCUT2D eigenvalue weighted by Crippen LogP contribution is 2.54. The van der Waals surface area contributed by atoms with Gasteiger partial charge in [0, 0.05) is 22.7 Å². The minimum absolute atomic E-state index is 0.0132. The number of nitrogens with zero attached hydrogens (tertiary/aromatic N) is 3. The van der Waals surface area contributed by atoms with Crippen LogP contribution in [0.2, 0.25) is 10.0 Å². The Kier molecular flexibility index (Phi) is 6.21. The van der Waals surface area contributed by atoms with Crippen LogP contribution in [0.4, 0.5) is 30.7 Å². The summed E-state index contributed by atoms with van der Waals surface area (Å²) < 4.78 is 97.9. The fourth-order valence-electron chi connectivity index (χ4n) is 2.63. The van der Waals surface area contributed by atoms with Gasteiger partial charge in [0.05, 0.1) is 23.4 Å². The second-order valence-electron chi connectivity index (χ2n) is 6.15. The van der Waals surface area contributed by atoms with Gasteiger partial charge in [-0.15, -0.1) is 11.3 Å². The summed E-state index contributed by atoms with van der Waals surface area (Å²) in [6, 6.07) is 0.369. The monoisotopic (exact) mass is 521 g/mol. The summed E-state index contributed by atoms with van der Waals surface area (Å²) in [5, 5.41) is 4.19. The Balaban J connectivity index is 2.05. The van der Waals surface area contributed by atoms with Gasteiger partial charge < -0.3 is 4.74 Å². The molecule has 0 N–H and O–H groups in total. The lowest BCUT2D eigenvalue weighted by Gasteiger charge is -2.30. The van der Waals surface area contributed by atoms with Gasteiger partial charge in [-0.3, -0.25) is 0 Å². The maximum atomic E-state index is 14.3. The number of ether oxygens (including phenoxy) is 1. The summed E-state index contributed by atoms with van der Waals surface area (Å²) in [6.45, 7) is 0. The zero-order valence-electron chi connectivity index (χ0n) is 15.4. The van der Waals surface area contributed by atoms with Crippen LogP contribution in [0.1, 0.15) is 16.1 Å². The summed E-state index contributed by atoms with van der Waals surface area (Å²) in [5.74, 6) is -0.689. The van der Waals surface area contributed by atoms with Gasteiger partial charge in [0.2, 0.25) is 0 Å². The minimum atomic E-state index is -6.32. The van der Waals surface area contributed by atoms with Gasteiger partial charge in [0.15, 0.2) is 5.69 Å². The quantitative estimate of drug-likeness (QED) is 0.295. The fraction of sp³-hybridized carbons (Fsp3) is 0.235. The molecule has 0 aliphatic carbocycles. The lowest BCUT2D eigenvalue weighted by molar-refractivity contribution is -0.348. The van der Waals surface area contributed by atoms with E-state index >= 15 is 0 Å². The van der Waals surface area contributed by atoms with Gasteiger partial charge in [-0.2, -0.15) is 31.4 Å². The van der Waals surface area contributed by atoms with Gasteiger partial charge >= 0.3 is 24.0 Å². The molecule has 0 aliphatic heterocycles. The van der Waals surface area contributed by atoms with Gasteiger partial charge in [0.1, 0.15) is 10.7 Å². The molecule has 0 bridgehead atoms. The van der Waals surface area contributed by atoms with Crippen molar-refractivity contribution in [3.63, 3.8) is 0 Å². The van der Waals surface area contributed by atoms with E-state index in [1.165, 1.54) is 17.8 Å². The van der Waals surface area contributed by atoms with Gasteiger partial charge in [-0.1, -0.05) is 23.2 Å². The maximum absolute atomic E-state index is 14.3.